The first-order valence-corrected chi connectivity index (χ1v) is 12.7. The van der Waals surface area contributed by atoms with E-state index in [0.717, 1.165) is 11.3 Å². The smallest absolute Gasteiger partial charge is 0.303 e. The number of amides is 2. The molecule has 1 aliphatic rings. The summed E-state index contributed by atoms with van der Waals surface area (Å²) in [5.74, 6) is -2.47. The molecule has 1 atom stereocenters. The second-order valence-corrected chi connectivity index (χ2v) is 9.73. The lowest BCUT2D eigenvalue weighted by Crippen LogP contribution is -2.35. The van der Waals surface area contributed by atoms with Crippen molar-refractivity contribution in [1.82, 2.24) is 4.90 Å². The van der Waals surface area contributed by atoms with Crippen LogP contribution in [0.5, 0.6) is 0 Å². The standard InChI is InChI=1S/C30H31FN4O4/c1-19(36)35(17-16-34(2)3)24-12-10-23(11-13-24)32-29(21-7-4-20(5-8-21)6-15-27(37)38)28-25-14-9-22(31)18-26(25)33-30(28)39/h4-5,7-14,18,28H,6,15-17H2,1-3H3,(H,33,39)(H,37,38). The molecule has 0 aliphatic carbocycles. The molecule has 1 aliphatic heterocycles. The normalized spacial score (nSPS) is 14.7. The fourth-order valence-corrected chi connectivity index (χ4v) is 4.51. The lowest BCUT2D eigenvalue weighted by atomic mass is 9.90. The molecule has 0 radical (unpaired) electrons. The minimum atomic E-state index is -0.874. The molecule has 3 aromatic carbocycles. The molecule has 0 saturated carbocycles. The Morgan fingerprint density at radius 1 is 1.00 bits per heavy atom. The van der Waals surface area contributed by atoms with Crippen molar-refractivity contribution in [1.29, 1.82) is 0 Å². The summed E-state index contributed by atoms with van der Waals surface area (Å²) in [4.78, 5) is 44.9. The molecule has 9 heteroatoms. The Bertz CT molecular complexity index is 1400. The van der Waals surface area contributed by atoms with Gasteiger partial charge in [0.1, 0.15) is 11.7 Å². The van der Waals surface area contributed by atoms with Gasteiger partial charge in [-0.05, 0) is 73.6 Å². The largest absolute Gasteiger partial charge is 0.481 e. The monoisotopic (exact) mass is 530 g/mol. The van der Waals surface area contributed by atoms with Crippen LogP contribution in [-0.4, -0.2) is 60.7 Å². The molecule has 3 aromatic rings. The summed E-state index contributed by atoms with van der Waals surface area (Å²) in [5, 5.41) is 11.7. The summed E-state index contributed by atoms with van der Waals surface area (Å²) in [5.41, 5.74) is 4.38. The molecule has 8 nitrogen and oxygen atoms in total. The first kappa shape index (κ1) is 27.7. The average Bonchev–Trinajstić information content (AvgIpc) is 3.21. The SMILES string of the molecule is CC(=O)N(CCN(C)C)c1ccc(N=C(c2ccc(CCC(=O)O)cc2)C2C(=O)Nc3cc(F)ccc32)cc1. The van der Waals surface area contributed by atoms with Crippen molar-refractivity contribution in [2.24, 2.45) is 4.99 Å². The highest BCUT2D eigenvalue weighted by atomic mass is 19.1. The number of likely N-dealkylation sites (N-methyl/N-ethyl adjacent to an activating group) is 1. The predicted octanol–water partition coefficient (Wildman–Crippen LogP) is 4.61. The minimum absolute atomic E-state index is 0.0163. The van der Waals surface area contributed by atoms with Gasteiger partial charge in [0, 0.05) is 37.8 Å². The summed E-state index contributed by atoms with van der Waals surface area (Å²) in [6, 6.07) is 18.7. The van der Waals surface area contributed by atoms with Gasteiger partial charge >= 0.3 is 5.97 Å². The van der Waals surface area contributed by atoms with E-state index in [4.69, 9.17) is 10.1 Å². The number of carbonyl (C=O) groups is 3. The van der Waals surface area contributed by atoms with E-state index in [0.29, 0.717) is 47.7 Å². The molecule has 1 heterocycles. The lowest BCUT2D eigenvalue weighted by Gasteiger charge is -2.23. The highest BCUT2D eigenvalue weighted by Crippen LogP contribution is 2.37. The zero-order valence-electron chi connectivity index (χ0n) is 22.1. The Balaban J connectivity index is 1.72. The van der Waals surface area contributed by atoms with E-state index >= 15 is 0 Å². The van der Waals surface area contributed by atoms with Crippen molar-refractivity contribution < 1.29 is 23.9 Å². The van der Waals surface area contributed by atoms with Gasteiger partial charge in [0.2, 0.25) is 11.8 Å². The average molecular weight is 531 g/mol. The van der Waals surface area contributed by atoms with E-state index in [1.165, 1.54) is 19.1 Å². The number of aliphatic carboxylic acids is 1. The van der Waals surface area contributed by atoms with Crippen LogP contribution in [0, 0.1) is 5.82 Å². The number of aliphatic imine (C=N–C) groups is 1. The molecular formula is C30H31FN4O4. The van der Waals surface area contributed by atoms with Crippen molar-refractivity contribution in [2.75, 3.05) is 37.4 Å². The quantitative estimate of drug-likeness (QED) is 0.373. The van der Waals surface area contributed by atoms with Gasteiger partial charge in [0.05, 0.1) is 11.4 Å². The van der Waals surface area contributed by atoms with Crippen LogP contribution in [0.25, 0.3) is 0 Å². The topological polar surface area (TPSA) is 102 Å². The van der Waals surface area contributed by atoms with Crippen LogP contribution >= 0.6 is 0 Å². The van der Waals surface area contributed by atoms with Crippen LogP contribution in [0.1, 0.15) is 36.0 Å². The van der Waals surface area contributed by atoms with Crippen molar-refractivity contribution >= 4 is 40.6 Å². The Labute approximate surface area is 226 Å². The van der Waals surface area contributed by atoms with Gasteiger partial charge in [-0.3, -0.25) is 19.4 Å². The maximum atomic E-state index is 13.9. The molecule has 0 bridgehead atoms. The number of benzene rings is 3. The summed E-state index contributed by atoms with van der Waals surface area (Å²) in [6.45, 7) is 2.78. The number of anilines is 2. The first-order valence-electron chi connectivity index (χ1n) is 12.7. The fraction of sp³-hybridized carbons (Fsp3) is 0.267. The van der Waals surface area contributed by atoms with Gasteiger partial charge < -0.3 is 20.2 Å². The van der Waals surface area contributed by atoms with E-state index in [2.05, 4.69) is 5.32 Å². The second kappa shape index (κ2) is 12.0. The summed E-state index contributed by atoms with van der Waals surface area (Å²) < 4.78 is 13.9. The molecule has 2 amide bonds. The Hall–Kier alpha value is -4.37. The molecule has 0 spiro atoms. The van der Waals surface area contributed by atoms with Gasteiger partial charge in [-0.2, -0.15) is 0 Å². The number of carbonyl (C=O) groups excluding carboxylic acids is 2. The zero-order valence-corrected chi connectivity index (χ0v) is 22.1. The third kappa shape index (κ3) is 6.74. The maximum absolute atomic E-state index is 13.9. The number of hydrogen-bond donors (Lipinski definition) is 2. The number of aryl methyl sites for hydroxylation is 1. The Kier molecular flexibility index (Phi) is 8.51. The number of carboxylic acids is 1. The molecule has 2 N–H and O–H groups in total. The van der Waals surface area contributed by atoms with E-state index in [1.807, 2.05) is 55.4 Å². The van der Waals surface area contributed by atoms with E-state index < -0.39 is 17.7 Å². The number of nitrogens with zero attached hydrogens (tertiary/aromatic N) is 3. The van der Waals surface area contributed by atoms with E-state index in [9.17, 15) is 18.8 Å². The van der Waals surface area contributed by atoms with Gasteiger partial charge in [-0.15, -0.1) is 0 Å². The zero-order chi connectivity index (χ0) is 28.1. The van der Waals surface area contributed by atoms with Crippen LogP contribution in [0.15, 0.2) is 71.7 Å². The highest BCUT2D eigenvalue weighted by Gasteiger charge is 2.35. The van der Waals surface area contributed by atoms with Crippen molar-refractivity contribution in [3.63, 3.8) is 0 Å². The van der Waals surface area contributed by atoms with Gasteiger partial charge in [0.15, 0.2) is 0 Å². The summed E-state index contributed by atoms with van der Waals surface area (Å²) in [6.07, 6.45) is 0.401. The lowest BCUT2D eigenvalue weighted by molar-refractivity contribution is -0.137. The van der Waals surface area contributed by atoms with Gasteiger partial charge in [-0.1, -0.05) is 30.3 Å². The number of rotatable bonds is 10. The van der Waals surface area contributed by atoms with Crippen molar-refractivity contribution in [3.05, 3.63) is 89.2 Å². The summed E-state index contributed by atoms with van der Waals surface area (Å²) >= 11 is 0. The molecule has 4 rings (SSSR count). The summed E-state index contributed by atoms with van der Waals surface area (Å²) in [7, 11) is 3.89. The number of carboxylic acid groups (broad SMARTS) is 1. The van der Waals surface area contributed by atoms with Crippen molar-refractivity contribution in [2.45, 2.75) is 25.7 Å². The molecule has 0 saturated heterocycles. The van der Waals surface area contributed by atoms with E-state index in [1.54, 1.807) is 23.1 Å². The first-order chi connectivity index (χ1) is 18.6. The third-order valence-electron chi connectivity index (χ3n) is 6.56. The van der Waals surface area contributed by atoms with Gasteiger partial charge in [0.25, 0.3) is 0 Å². The molecular weight excluding hydrogens is 499 g/mol. The molecule has 202 valence electrons. The highest BCUT2D eigenvalue weighted by molar-refractivity contribution is 6.24. The minimum Gasteiger partial charge on any atom is -0.481 e. The molecule has 1 unspecified atom stereocenters. The Morgan fingerprint density at radius 3 is 2.31 bits per heavy atom. The van der Waals surface area contributed by atoms with Crippen LogP contribution in [-0.2, 0) is 20.8 Å². The maximum Gasteiger partial charge on any atom is 0.303 e. The number of halogens is 1. The van der Waals surface area contributed by atoms with Crippen molar-refractivity contribution in [3.8, 4) is 0 Å². The Morgan fingerprint density at radius 2 is 1.69 bits per heavy atom. The van der Waals surface area contributed by atoms with Crippen LogP contribution in [0.3, 0.4) is 0 Å². The fourth-order valence-electron chi connectivity index (χ4n) is 4.51. The molecule has 0 aromatic heterocycles. The van der Waals surface area contributed by atoms with Crippen LogP contribution in [0.4, 0.5) is 21.5 Å². The third-order valence-corrected chi connectivity index (χ3v) is 6.56. The number of fused-ring (bicyclic) bond motifs is 1. The van der Waals surface area contributed by atoms with E-state index in [-0.39, 0.29) is 18.2 Å². The molecule has 0 fully saturated rings. The van der Waals surface area contributed by atoms with Crippen LogP contribution in [0.2, 0.25) is 0 Å². The number of nitrogens with one attached hydrogen (secondary N) is 1. The second-order valence-electron chi connectivity index (χ2n) is 9.73. The van der Waals surface area contributed by atoms with Gasteiger partial charge in [-0.25, -0.2) is 4.39 Å². The predicted molar refractivity (Wildman–Crippen MR) is 149 cm³/mol. The van der Waals surface area contributed by atoms with Crippen LogP contribution < -0.4 is 10.2 Å². The number of hydrogen-bond acceptors (Lipinski definition) is 5. The molecule has 39 heavy (non-hydrogen) atoms.